The lowest BCUT2D eigenvalue weighted by atomic mass is 9.46. The fourth-order valence-corrected chi connectivity index (χ4v) is 4.78. The van der Waals surface area contributed by atoms with E-state index in [1.165, 1.54) is 19.3 Å². The van der Waals surface area contributed by atoms with Gasteiger partial charge in [-0.3, -0.25) is 4.79 Å². The maximum Gasteiger partial charge on any atom is 0.241 e. The minimum Gasteiger partial charge on any atom is -0.377 e. The van der Waals surface area contributed by atoms with E-state index in [2.05, 4.69) is 26.1 Å². The topological polar surface area (TPSA) is 64.4 Å². The van der Waals surface area contributed by atoms with Gasteiger partial charge in [0.2, 0.25) is 5.91 Å². The Labute approximate surface area is 140 Å². The highest BCUT2D eigenvalue weighted by Crippen LogP contribution is 2.57. The van der Waals surface area contributed by atoms with Gasteiger partial charge in [0.15, 0.2) is 0 Å². The van der Waals surface area contributed by atoms with Crippen LogP contribution in [0, 0.1) is 16.7 Å². The number of carbonyl (C=O) groups excluding carboxylic acids is 1. The van der Waals surface area contributed by atoms with E-state index in [0.717, 1.165) is 32.4 Å². The largest absolute Gasteiger partial charge is 0.377 e. The Hall–Kier alpha value is -0.320. The monoisotopic (exact) mass is 330 g/mol. The van der Waals surface area contributed by atoms with E-state index in [9.17, 15) is 4.79 Å². The lowest BCUT2D eigenvalue weighted by Gasteiger charge is -2.65. The predicted molar refractivity (Wildman–Crippen MR) is 90.0 cm³/mol. The molecule has 5 heteroatoms. The highest BCUT2D eigenvalue weighted by atomic mass is 35.5. The fourth-order valence-electron chi connectivity index (χ4n) is 4.78. The summed E-state index contributed by atoms with van der Waals surface area (Å²) in [6.07, 6.45) is 7.08. The fraction of sp³-hybridized carbons (Fsp3) is 0.941. The van der Waals surface area contributed by atoms with E-state index >= 15 is 0 Å². The molecule has 0 radical (unpaired) electrons. The number of nitrogens with one attached hydrogen (secondary N) is 1. The molecule has 1 saturated heterocycles. The number of hydrogen-bond acceptors (Lipinski definition) is 3. The van der Waals surface area contributed by atoms with Gasteiger partial charge in [-0.2, -0.15) is 0 Å². The van der Waals surface area contributed by atoms with Crippen LogP contribution in [0.3, 0.4) is 0 Å². The van der Waals surface area contributed by atoms with E-state index in [-0.39, 0.29) is 35.8 Å². The molecule has 3 rings (SSSR count). The molecule has 2 aliphatic carbocycles. The van der Waals surface area contributed by atoms with E-state index in [1.54, 1.807) is 0 Å². The average molecular weight is 331 g/mol. The third-order valence-electron chi connectivity index (χ3n) is 6.85. The molecule has 3 N–H and O–H groups in total. The molecule has 3 fully saturated rings. The van der Waals surface area contributed by atoms with E-state index in [1.807, 2.05) is 0 Å². The van der Waals surface area contributed by atoms with Crippen molar-refractivity contribution in [1.29, 1.82) is 0 Å². The second kappa shape index (κ2) is 5.95. The highest BCUT2D eigenvalue weighted by Gasteiger charge is 2.70. The predicted octanol–water partition coefficient (Wildman–Crippen LogP) is 2.64. The molecule has 3 aliphatic rings. The Morgan fingerprint density at radius 3 is 2.55 bits per heavy atom. The Bertz CT molecular complexity index is 431. The smallest absolute Gasteiger partial charge is 0.241 e. The first-order valence-corrected chi connectivity index (χ1v) is 8.56. The van der Waals surface area contributed by atoms with Gasteiger partial charge in [-0.05, 0) is 37.5 Å². The molecule has 1 aliphatic heterocycles. The van der Waals surface area contributed by atoms with Gasteiger partial charge in [0.1, 0.15) is 5.54 Å². The SMILES string of the molecule is CCC1(CNC(=O)C2(N)C3CCCOC3C2(C)C)CCC1.Cl. The molecule has 22 heavy (non-hydrogen) atoms. The van der Waals surface area contributed by atoms with Crippen molar-refractivity contribution in [3.05, 3.63) is 0 Å². The van der Waals surface area contributed by atoms with Crippen LogP contribution < -0.4 is 11.1 Å². The molecule has 0 aromatic rings. The number of amides is 1. The van der Waals surface area contributed by atoms with Crippen molar-refractivity contribution in [2.75, 3.05) is 13.2 Å². The van der Waals surface area contributed by atoms with Gasteiger partial charge in [0.05, 0.1) is 6.10 Å². The van der Waals surface area contributed by atoms with Crippen molar-refractivity contribution in [3.63, 3.8) is 0 Å². The number of halogens is 1. The number of rotatable bonds is 4. The average Bonchev–Trinajstić information content (AvgIpc) is 2.45. The zero-order chi connectivity index (χ0) is 15.3. The minimum atomic E-state index is -0.767. The van der Waals surface area contributed by atoms with E-state index in [4.69, 9.17) is 10.5 Å². The first-order valence-electron chi connectivity index (χ1n) is 8.56. The van der Waals surface area contributed by atoms with Crippen LogP contribution in [0.4, 0.5) is 0 Å². The molecular formula is C17H31ClN2O2. The quantitative estimate of drug-likeness (QED) is 0.833. The Balaban J connectivity index is 0.00000176. The van der Waals surface area contributed by atoms with Crippen molar-refractivity contribution in [2.45, 2.75) is 70.9 Å². The lowest BCUT2D eigenvalue weighted by Crippen LogP contribution is -2.82. The first-order chi connectivity index (χ1) is 9.87. The van der Waals surface area contributed by atoms with E-state index < -0.39 is 5.54 Å². The third kappa shape index (κ3) is 2.30. The summed E-state index contributed by atoms with van der Waals surface area (Å²) in [5.74, 6) is 0.221. The molecule has 1 amide bonds. The molecule has 3 unspecified atom stereocenters. The van der Waals surface area contributed by atoms with Crippen molar-refractivity contribution in [2.24, 2.45) is 22.5 Å². The van der Waals surface area contributed by atoms with Crippen LogP contribution in [0.5, 0.6) is 0 Å². The summed E-state index contributed by atoms with van der Waals surface area (Å²) in [5.41, 5.74) is 5.91. The summed E-state index contributed by atoms with van der Waals surface area (Å²) in [6.45, 7) is 7.98. The summed E-state index contributed by atoms with van der Waals surface area (Å²) in [7, 11) is 0. The molecule has 4 nitrogen and oxygen atoms in total. The summed E-state index contributed by atoms with van der Waals surface area (Å²) < 4.78 is 5.88. The normalized spacial score (nSPS) is 37.8. The zero-order valence-electron chi connectivity index (χ0n) is 14.1. The molecule has 2 saturated carbocycles. The first kappa shape index (κ1) is 18.0. The number of ether oxygens (including phenoxy) is 1. The number of nitrogens with two attached hydrogens (primary N) is 1. The van der Waals surface area contributed by atoms with Gasteiger partial charge < -0.3 is 15.8 Å². The Morgan fingerprint density at radius 1 is 1.32 bits per heavy atom. The van der Waals surface area contributed by atoms with Crippen LogP contribution in [0.25, 0.3) is 0 Å². The summed E-state index contributed by atoms with van der Waals surface area (Å²) in [5, 5.41) is 3.19. The van der Waals surface area contributed by atoms with Crippen LogP contribution in [0.1, 0.15) is 59.3 Å². The molecule has 0 aromatic carbocycles. The number of hydrogen-bond donors (Lipinski definition) is 2. The summed E-state index contributed by atoms with van der Waals surface area (Å²) >= 11 is 0. The molecular weight excluding hydrogens is 300 g/mol. The van der Waals surface area contributed by atoms with Gasteiger partial charge in [-0.25, -0.2) is 0 Å². The van der Waals surface area contributed by atoms with Crippen LogP contribution in [-0.4, -0.2) is 30.7 Å². The molecule has 0 bridgehead atoms. The summed E-state index contributed by atoms with van der Waals surface area (Å²) in [6, 6.07) is 0. The Kier molecular flexibility index (Phi) is 4.88. The second-order valence-electron chi connectivity index (χ2n) is 8.02. The van der Waals surface area contributed by atoms with Gasteiger partial charge in [-0.1, -0.05) is 27.2 Å². The number of fused-ring (bicyclic) bond motifs is 1. The van der Waals surface area contributed by atoms with Gasteiger partial charge in [0, 0.05) is 24.5 Å². The highest BCUT2D eigenvalue weighted by molar-refractivity contribution is 5.89. The van der Waals surface area contributed by atoms with Gasteiger partial charge in [0.25, 0.3) is 0 Å². The van der Waals surface area contributed by atoms with Crippen LogP contribution >= 0.6 is 12.4 Å². The number of carbonyl (C=O) groups is 1. The third-order valence-corrected chi connectivity index (χ3v) is 6.85. The zero-order valence-corrected chi connectivity index (χ0v) is 14.9. The molecule has 0 spiro atoms. The van der Waals surface area contributed by atoms with E-state index in [0.29, 0.717) is 5.41 Å². The minimum absolute atomic E-state index is 0. The van der Waals surface area contributed by atoms with Gasteiger partial charge in [-0.15, -0.1) is 12.4 Å². The molecule has 128 valence electrons. The van der Waals surface area contributed by atoms with Crippen molar-refractivity contribution < 1.29 is 9.53 Å². The molecule has 3 atom stereocenters. The standard InChI is InChI=1S/C17H30N2O2.ClH/c1-4-16(8-6-9-16)11-19-14(20)17(18)12-7-5-10-21-13(12)15(17,2)3;/h12-13H,4-11,18H2,1-3H3,(H,19,20);1H. The van der Waals surface area contributed by atoms with Crippen molar-refractivity contribution >= 4 is 18.3 Å². The lowest BCUT2D eigenvalue weighted by molar-refractivity contribution is -0.225. The van der Waals surface area contributed by atoms with Crippen LogP contribution in [0.15, 0.2) is 0 Å². The summed E-state index contributed by atoms with van der Waals surface area (Å²) in [4.78, 5) is 12.8. The van der Waals surface area contributed by atoms with Gasteiger partial charge >= 0.3 is 0 Å². The van der Waals surface area contributed by atoms with Crippen molar-refractivity contribution in [3.8, 4) is 0 Å². The Morgan fingerprint density at radius 2 is 2.00 bits per heavy atom. The van der Waals surface area contributed by atoms with Crippen LogP contribution in [-0.2, 0) is 9.53 Å². The molecule has 1 heterocycles. The van der Waals surface area contributed by atoms with Crippen molar-refractivity contribution in [1.82, 2.24) is 5.32 Å². The maximum atomic E-state index is 12.8. The van der Waals surface area contributed by atoms with Crippen LogP contribution in [0.2, 0.25) is 0 Å². The maximum absolute atomic E-state index is 12.8. The second-order valence-corrected chi connectivity index (χ2v) is 8.02. The molecule has 0 aromatic heterocycles.